The summed E-state index contributed by atoms with van der Waals surface area (Å²) in [7, 11) is 0. The van der Waals surface area contributed by atoms with E-state index in [1.807, 2.05) is 48.5 Å². The first-order valence-electron chi connectivity index (χ1n) is 12.9. The zero-order chi connectivity index (χ0) is 26.0. The Hall–Kier alpha value is -4.22. The van der Waals surface area contributed by atoms with E-state index in [0.717, 1.165) is 22.0 Å². The number of rotatable bonds is 2. The molecule has 38 heavy (non-hydrogen) atoms. The van der Waals surface area contributed by atoms with E-state index < -0.39 is 13.3 Å². The van der Waals surface area contributed by atoms with Crippen LogP contribution in [-0.4, -0.2) is 24.8 Å². The standard InChI is InChI=1S/C34H25GeNO2/c1-35(2)29-11-5-7-13-31(29)36(32-14-8-6-12-30(32)35)25-17-15-22(16-18-25)19-28-33(37)26-20-23-9-3-4-10-24(23)21-27(26)34(28)38/h3-21H,1-2H3. The fourth-order valence-electron chi connectivity index (χ4n) is 5.97. The Bertz CT molecular complexity index is 1730. The van der Waals surface area contributed by atoms with Gasteiger partial charge in [-0.15, -0.1) is 0 Å². The van der Waals surface area contributed by atoms with Crippen molar-refractivity contribution >= 4 is 67.5 Å². The number of ketones is 2. The number of allylic oxidation sites excluding steroid dienone is 1. The van der Waals surface area contributed by atoms with Gasteiger partial charge in [-0.05, 0) is 10.8 Å². The van der Waals surface area contributed by atoms with Gasteiger partial charge in [0, 0.05) is 0 Å². The maximum absolute atomic E-state index is 13.2. The van der Waals surface area contributed by atoms with E-state index >= 15 is 0 Å². The Balaban J connectivity index is 1.28. The van der Waals surface area contributed by atoms with Crippen LogP contribution in [0.3, 0.4) is 0 Å². The molecular formula is C34H25GeNO2. The summed E-state index contributed by atoms with van der Waals surface area (Å²) >= 11 is -2.43. The zero-order valence-corrected chi connectivity index (χ0v) is 23.3. The van der Waals surface area contributed by atoms with Crippen LogP contribution in [0.5, 0.6) is 0 Å². The van der Waals surface area contributed by atoms with Gasteiger partial charge in [0.05, 0.1) is 0 Å². The molecule has 4 heteroatoms. The molecule has 1 aliphatic heterocycles. The summed E-state index contributed by atoms with van der Waals surface area (Å²) in [5.41, 5.74) is 5.59. The number of hydrogen-bond donors (Lipinski definition) is 0. The second-order valence-electron chi connectivity index (χ2n) is 10.5. The number of Topliss-reactive ketones (excluding diaryl/α,β-unsaturated/α-hetero) is 2. The van der Waals surface area contributed by atoms with Crippen LogP contribution in [0.1, 0.15) is 26.3 Å². The van der Waals surface area contributed by atoms with Gasteiger partial charge in [0.25, 0.3) is 0 Å². The summed E-state index contributed by atoms with van der Waals surface area (Å²) in [6.45, 7) is 0. The molecule has 5 aromatic rings. The average Bonchev–Trinajstić information content (AvgIpc) is 3.17. The van der Waals surface area contributed by atoms with Crippen LogP contribution >= 0.6 is 0 Å². The number of benzene rings is 5. The van der Waals surface area contributed by atoms with Crippen molar-refractivity contribution in [3.63, 3.8) is 0 Å². The molecule has 0 amide bonds. The summed E-state index contributed by atoms with van der Waals surface area (Å²) in [5, 5.41) is 1.93. The van der Waals surface area contributed by atoms with E-state index in [1.54, 1.807) is 6.08 Å². The fourth-order valence-corrected chi connectivity index (χ4v) is 12.2. The van der Waals surface area contributed by atoms with E-state index in [0.29, 0.717) is 11.1 Å². The number of nitrogens with zero attached hydrogens (tertiary/aromatic N) is 1. The molecule has 1 heterocycles. The normalized spacial score (nSPS) is 15.3. The molecule has 0 fully saturated rings. The van der Waals surface area contributed by atoms with Crippen molar-refractivity contribution in [2.24, 2.45) is 0 Å². The summed E-state index contributed by atoms with van der Waals surface area (Å²) in [6, 6.07) is 37.1. The van der Waals surface area contributed by atoms with Gasteiger partial charge in [-0.2, -0.15) is 0 Å². The van der Waals surface area contributed by atoms with Gasteiger partial charge in [0.1, 0.15) is 0 Å². The van der Waals surface area contributed by atoms with Crippen LogP contribution in [0.15, 0.2) is 115 Å². The van der Waals surface area contributed by atoms with Crippen molar-refractivity contribution in [1.29, 1.82) is 0 Å². The number of carbonyl (C=O) groups excluding carboxylic acids is 2. The Morgan fingerprint density at radius 2 is 1.08 bits per heavy atom. The number of fused-ring (bicyclic) bond motifs is 4. The molecule has 0 saturated heterocycles. The number of para-hydroxylation sites is 2. The molecule has 0 aromatic heterocycles. The molecule has 0 saturated carbocycles. The molecule has 7 rings (SSSR count). The summed E-state index contributed by atoms with van der Waals surface area (Å²) in [5.74, 6) is 4.52. The minimum absolute atomic E-state index is 0.201. The Morgan fingerprint density at radius 3 is 1.61 bits per heavy atom. The number of hydrogen-bond acceptors (Lipinski definition) is 3. The molecule has 1 aliphatic carbocycles. The SMILES string of the molecule is [CH3][Ge]1([CH3])[c]2ccccc2N(c2ccc(C=C3C(=O)c4cc5ccccc5cc4C3=O)cc2)c2cccc[c]21. The van der Waals surface area contributed by atoms with Crippen LogP contribution in [0.25, 0.3) is 16.8 Å². The average molecular weight is 552 g/mol. The maximum atomic E-state index is 13.2. The number of anilines is 3. The van der Waals surface area contributed by atoms with Gasteiger partial charge in [-0.3, -0.25) is 0 Å². The molecule has 0 N–H and O–H groups in total. The van der Waals surface area contributed by atoms with Gasteiger partial charge in [-0.25, -0.2) is 0 Å². The van der Waals surface area contributed by atoms with E-state index in [1.165, 1.54) is 20.2 Å². The van der Waals surface area contributed by atoms with Gasteiger partial charge in [0.15, 0.2) is 0 Å². The quantitative estimate of drug-likeness (QED) is 0.136. The van der Waals surface area contributed by atoms with Crippen LogP contribution in [0.2, 0.25) is 11.5 Å². The summed E-state index contributed by atoms with van der Waals surface area (Å²) < 4.78 is 2.93. The molecule has 0 spiro atoms. The Labute approximate surface area is 224 Å². The second-order valence-corrected chi connectivity index (χ2v) is 19.6. The first kappa shape index (κ1) is 22.9. The van der Waals surface area contributed by atoms with Gasteiger partial charge < -0.3 is 0 Å². The molecule has 5 aromatic carbocycles. The molecule has 0 atom stereocenters. The van der Waals surface area contributed by atoms with Gasteiger partial charge >= 0.3 is 190 Å². The van der Waals surface area contributed by atoms with Crippen molar-refractivity contribution < 1.29 is 9.59 Å². The molecule has 3 nitrogen and oxygen atoms in total. The minimum atomic E-state index is -2.43. The molecule has 0 bridgehead atoms. The molecule has 0 radical (unpaired) electrons. The summed E-state index contributed by atoms with van der Waals surface area (Å²) in [4.78, 5) is 28.8. The third kappa shape index (κ3) is 3.35. The van der Waals surface area contributed by atoms with E-state index in [9.17, 15) is 9.59 Å². The van der Waals surface area contributed by atoms with Crippen molar-refractivity contribution in [2.75, 3.05) is 4.90 Å². The molecule has 182 valence electrons. The predicted molar refractivity (Wildman–Crippen MR) is 158 cm³/mol. The number of carbonyl (C=O) groups is 2. The monoisotopic (exact) mass is 553 g/mol. The zero-order valence-electron chi connectivity index (χ0n) is 21.2. The van der Waals surface area contributed by atoms with Crippen LogP contribution in [0.4, 0.5) is 17.1 Å². The van der Waals surface area contributed by atoms with Crippen molar-refractivity contribution in [3.05, 3.63) is 131 Å². The van der Waals surface area contributed by atoms with Crippen molar-refractivity contribution in [1.82, 2.24) is 0 Å². The van der Waals surface area contributed by atoms with Crippen molar-refractivity contribution in [2.45, 2.75) is 11.5 Å². The second kappa shape index (κ2) is 8.40. The van der Waals surface area contributed by atoms with Crippen LogP contribution in [0, 0.1) is 0 Å². The molecular weight excluding hydrogens is 527 g/mol. The van der Waals surface area contributed by atoms with Gasteiger partial charge in [-0.1, -0.05) is 24.3 Å². The molecule has 2 aliphatic rings. The van der Waals surface area contributed by atoms with E-state index in [4.69, 9.17) is 0 Å². The topological polar surface area (TPSA) is 37.4 Å². The van der Waals surface area contributed by atoms with Crippen LogP contribution < -0.4 is 13.7 Å². The Kier molecular flexibility index (Phi) is 5.07. The van der Waals surface area contributed by atoms with E-state index in [2.05, 4.69) is 77.1 Å². The summed E-state index contributed by atoms with van der Waals surface area (Å²) in [6.07, 6.45) is 1.73. The van der Waals surface area contributed by atoms with Crippen LogP contribution in [-0.2, 0) is 0 Å². The predicted octanol–water partition coefficient (Wildman–Crippen LogP) is 6.91. The van der Waals surface area contributed by atoms with E-state index in [-0.39, 0.29) is 17.1 Å². The van der Waals surface area contributed by atoms with Gasteiger partial charge in [0.2, 0.25) is 0 Å². The fraction of sp³-hybridized carbons (Fsp3) is 0.0588. The third-order valence-corrected chi connectivity index (χ3v) is 15.4. The molecule has 0 unspecified atom stereocenters. The Morgan fingerprint density at radius 1 is 0.605 bits per heavy atom. The third-order valence-electron chi connectivity index (χ3n) is 7.96. The first-order chi connectivity index (χ1) is 18.4. The van der Waals surface area contributed by atoms with Crippen molar-refractivity contribution in [3.8, 4) is 0 Å². The first-order valence-corrected chi connectivity index (χ1v) is 19.2.